The van der Waals surface area contributed by atoms with Crippen LogP contribution in [-0.2, 0) is 26.2 Å². The van der Waals surface area contributed by atoms with E-state index in [0.717, 1.165) is 17.7 Å². The van der Waals surface area contributed by atoms with Crippen LogP contribution in [0.15, 0.2) is 53.4 Å². The summed E-state index contributed by atoms with van der Waals surface area (Å²) in [5.74, 6) is -2.86. The Bertz CT molecular complexity index is 1280. The number of carboxylic acids is 1. The van der Waals surface area contributed by atoms with Gasteiger partial charge in [0.2, 0.25) is 21.8 Å². The van der Waals surface area contributed by atoms with Gasteiger partial charge in [-0.15, -0.1) is 0 Å². The number of hydrogen-bond donors (Lipinski definition) is 7. The molecule has 0 radical (unpaired) electrons. The zero-order valence-corrected chi connectivity index (χ0v) is 22.1. The van der Waals surface area contributed by atoms with Gasteiger partial charge in [0.1, 0.15) is 17.9 Å². The highest BCUT2D eigenvalue weighted by molar-refractivity contribution is 7.89. The number of nitrogens with two attached hydrogens (primary N) is 1. The zero-order chi connectivity index (χ0) is 28.6. The molecule has 0 aliphatic rings. The maximum Gasteiger partial charge on any atom is 0.335 e. The minimum Gasteiger partial charge on any atom is -0.478 e. The second-order valence-corrected chi connectivity index (χ2v) is 10.9. The van der Waals surface area contributed by atoms with Gasteiger partial charge >= 0.3 is 5.97 Å². The number of nitrogen functional groups attached to an aromatic ring is 1. The van der Waals surface area contributed by atoms with Crippen LogP contribution in [0.5, 0.6) is 0 Å². The molecule has 206 valence electrons. The van der Waals surface area contributed by atoms with E-state index in [-0.39, 0.29) is 30.3 Å². The fraction of sp³-hybridized carbons (Fsp3) is 0.360. The molecular formula is C25H33N5O7S. The van der Waals surface area contributed by atoms with Crippen molar-refractivity contribution < 1.29 is 33.0 Å². The first-order chi connectivity index (χ1) is 17.7. The maximum atomic E-state index is 13.0. The lowest BCUT2D eigenvalue weighted by Crippen LogP contribution is -2.57. The van der Waals surface area contributed by atoms with Crippen molar-refractivity contribution in [3.63, 3.8) is 0 Å². The quantitative estimate of drug-likeness (QED) is 0.139. The van der Waals surface area contributed by atoms with Crippen molar-refractivity contribution in [3.05, 3.63) is 65.2 Å². The number of benzene rings is 2. The first kappa shape index (κ1) is 30.4. The first-order valence-electron chi connectivity index (χ1n) is 11.8. The highest BCUT2D eigenvalue weighted by atomic mass is 32.2. The van der Waals surface area contributed by atoms with E-state index in [1.807, 2.05) is 13.8 Å². The molecule has 0 spiro atoms. The number of hydrogen-bond acceptors (Lipinski definition) is 7. The van der Waals surface area contributed by atoms with E-state index in [2.05, 4.69) is 15.4 Å². The summed E-state index contributed by atoms with van der Waals surface area (Å²) < 4.78 is 27.8. The van der Waals surface area contributed by atoms with Crippen LogP contribution in [0.1, 0.15) is 48.7 Å². The number of carbonyl (C=O) groups excluding carboxylic acids is 2. The number of rotatable bonds is 13. The van der Waals surface area contributed by atoms with E-state index < -0.39 is 50.9 Å². The molecule has 2 aromatic rings. The summed E-state index contributed by atoms with van der Waals surface area (Å²) in [6.45, 7) is 5.03. The Balaban J connectivity index is 2.16. The number of carboxylic acid groups (broad SMARTS) is 1. The molecule has 0 bridgehead atoms. The van der Waals surface area contributed by atoms with Crippen molar-refractivity contribution in [2.45, 2.75) is 56.8 Å². The van der Waals surface area contributed by atoms with Crippen LogP contribution >= 0.6 is 0 Å². The predicted molar refractivity (Wildman–Crippen MR) is 140 cm³/mol. The van der Waals surface area contributed by atoms with Gasteiger partial charge in [-0.2, -0.15) is 4.72 Å². The van der Waals surface area contributed by atoms with Crippen LogP contribution in [0.3, 0.4) is 0 Å². The number of carbonyl (C=O) groups is 3. The van der Waals surface area contributed by atoms with Gasteiger partial charge in [-0.25, -0.2) is 13.2 Å². The Morgan fingerprint density at radius 2 is 1.63 bits per heavy atom. The Hall–Kier alpha value is -3.81. The average Bonchev–Trinajstić information content (AvgIpc) is 2.85. The highest BCUT2D eigenvalue weighted by Crippen LogP contribution is 2.14. The number of amides is 2. The lowest BCUT2D eigenvalue weighted by molar-refractivity contribution is -0.131. The molecule has 0 aliphatic carbocycles. The molecule has 0 heterocycles. The molecule has 0 aliphatic heterocycles. The van der Waals surface area contributed by atoms with Crippen molar-refractivity contribution in [1.82, 2.24) is 15.4 Å². The van der Waals surface area contributed by atoms with E-state index in [4.69, 9.17) is 16.2 Å². The molecule has 0 aromatic heterocycles. The third-order valence-electron chi connectivity index (χ3n) is 5.51. The molecular weight excluding hydrogens is 514 g/mol. The lowest BCUT2D eigenvalue weighted by Gasteiger charge is -2.25. The monoisotopic (exact) mass is 547 g/mol. The van der Waals surface area contributed by atoms with E-state index in [9.17, 15) is 27.9 Å². The van der Waals surface area contributed by atoms with Gasteiger partial charge in [-0.05, 0) is 43.0 Å². The van der Waals surface area contributed by atoms with Gasteiger partial charge in [0, 0.05) is 12.1 Å². The summed E-state index contributed by atoms with van der Waals surface area (Å²) in [7, 11) is -4.40. The second-order valence-electron chi connectivity index (χ2n) is 9.19. The molecule has 3 atom stereocenters. The minimum absolute atomic E-state index is 0.0126. The topological polar surface area (TPSA) is 212 Å². The number of amidine groups is 1. The molecule has 2 aromatic carbocycles. The molecule has 0 saturated heterocycles. The SMILES string of the molecule is CC(C)C[C@H](NC(=O)[C@H](NS(=O)(=O)c1cccc(C(=O)O)c1)C(C)O)C(=O)NCc1ccc(C(=N)N)cc1. The molecule has 0 fully saturated rings. The third-order valence-corrected chi connectivity index (χ3v) is 6.95. The van der Waals surface area contributed by atoms with Gasteiger partial charge in [-0.1, -0.05) is 44.2 Å². The van der Waals surface area contributed by atoms with Crippen molar-refractivity contribution in [2.24, 2.45) is 11.7 Å². The minimum atomic E-state index is -4.40. The molecule has 13 heteroatoms. The number of nitrogens with one attached hydrogen (secondary N) is 4. The summed E-state index contributed by atoms with van der Waals surface area (Å²) >= 11 is 0. The molecule has 1 unspecified atom stereocenters. The summed E-state index contributed by atoms with van der Waals surface area (Å²) in [4.78, 5) is 36.8. The van der Waals surface area contributed by atoms with Crippen LogP contribution in [0.25, 0.3) is 0 Å². The smallest absolute Gasteiger partial charge is 0.335 e. The van der Waals surface area contributed by atoms with Crippen LogP contribution in [0.4, 0.5) is 0 Å². The van der Waals surface area contributed by atoms with Crippen LogP contribution < -0.4 is 21.1 Å². The van der Waals surface area contributed by atoms with E-state index in [1.165, 1.54) is 19.1 Å². The summed E-state index contributed by atoms with van der Waals surface area (Å²) in [6.07, 6.45) is -1.24. The Kier molecular flexibility index (Phi) is 10.5. The fourth-order valence-electron chi connectivity index (χ4n) is 3.48. The summed E-state index contributed by atoms with van der Waals surface area (Å²) in [5, 5.41) is 32.0. The number of aromatic carboxylic acids is 1. The largest absolute Gasteiger partial charge is 0.478 e. The van der Waals surface area contributed by atoms with E-state index >= 15 is 0 Å². The standard InChI is InChI=1S/C25H33N5O7S/c1-14(2)11-20(23(32)28-13-16-7-9-17(10-8-16)22(26)27)29-24(33)21(15(3)31)30-38(36,37)19-6-4-5-18(12-19)25(34)35/h4-10,12,14-15,20-21,30-31H,11,13H2,1-3H3,(H3,26,27)(H,28,32)(H,29,33)(H,34,35)/t15?,20-,21+/m0/s1. The third kappa shape index (κ3) is 8.64. The van der Waals surface area contributed by atoms with Crippen molar-refractivity contribution in [3.8, 4) is 0 Å². The number of aliphatic hydroxyl groups excluding tert-OH is 1. The second kappa shape index (κ2) is 13.1. The normalized spacial score (nSPS) is 13.8. The van der Waals surface area contributed by atoms with Crippen molar-refractivity contribution in [1.29, 1.82) is 5.41 Å². The van der Waals surface area contributed by atoms with Gasteiger partial charge in [0.15, 0.2) is 0 Å². The van der Waals surface area contributed by atoms with Gasteiger partial charge < -0.3 is 26.6 Å². The molecule has 2 amide bonds. The van der Waals surface area contributed by atoms with Gasteiger partial charge in [0.25, 0.3) is 0 Å². The molecule has 38 heavy (non-hydrogen) atoms. The number of aliphatic hydroxyl groups is 1. The molecule has 2 rings (SSSR count). The average molecular weight is 548 g/mol. The zero-order valence-electron chi connectivity index (χ0n) is 21.3. The van der Waals surface area contributed by atoms with Gasteiger partial charge in [-0.3, -0.25) is 15.0 Å². The lowest BCUT2D eigenvalue weighted by atomic mass is 10.0. The highest BCUT2D eigenvalue weighted by Gasteiger charge is 2.33. The van der Waals surface area contributed by atoms with Crippen molar-refractivity contribution in [2.75, 3.05) is 0 Å². The molecule has 0 saturated carbocycles. The Labute approximate surface area is 221 Å². The first-order valence-corrected chi connectivity index (χ1v) is 13.2. The predicted octanol–water partition coefficient (Wildman–Crippen LogP) is 0.544. The van der Waals surface area contributed by atoms with Gasteiger partial charge in [0.05, 0.1) is 16.6 Å². The summed E-state index contributed by atoms with van der Waals surface area (Å²) in [6, 6.07) is 8.54. The van der Waals surface area contributed by atoms with E-state index in [1.54, 1.807) is 24.3 Å². The van der Waals surface area contributed by atoms with Crippen molar-refractivity contribution >= 4 is 33.6 Å². The van der Waals surface area contributed by atoms with E-state index in [0.29, 0.717) is 5.56 Å². The molecule has 8 N–H and O–H groups in total. The Morgan fingerprint density at radius 3 is 2.16 bits per heavy atom. The Morgan fingerprint density at radius 1 is 1.00 bits per heavy atom. The summed E-state index contributed by atoms with van der Waals surface area (Å²) in [5.41, 5.74) is 6.44. The van der Waals surface area contributed by atoms with Crippen LogP contribution in [-0.4, -0.2) is 60.4 Å². The van der Waals surface area contributed by atoms with Crippen LogP contribution in [0.2, 0.25) is 0 Å². The number of sulfonamides is 1. The maximum absolute atomic E-state index is 13.0. The fourth-order valence-corrected chi connectivity index (χ4v) is 4.80. The molecule has 12 nitrogen and oxygen atoms in total. The van der Waals surface area contributed by atoms with Crippen LogP contribution in [0, 0.1) is 11.3 Å².